The van der Waals surface area contributed by atoms with Crippen LogP contribution in [-0.2, 0) is 40.1 Å². The molecule has 0 unspecified atom stereocenters. The van der Waals surface area contributed by atoms with Crippen LogP contribution in [-0.4, -0.2) is 108 Å². The molecule has 7 atom stereocenters. The number of hydrogen-bond acceptors (Lipinski definition) is 12. The van der Waals surface area contributed by atoms with Crippen LogP contribution in [0.3, 0.4) is 0 Å². The summed E-state index contributed by atoms with van der Waals surface area (Å²) in [5.74, 6) is -4.49. The van der Waals surface area contributed by atoms with Crippen LogP contribution in [0.2, 0.25) is 0 Å². The number of hydrogen-bond donors (Lipinski definition) is 3. The Labute approximate surface area is 353 Å². The van der Waals surface area contributed by atoms with Gasteiger partial charge >= 0.3 is 12.3 Å². The van der Waals surface area contributed by atoms with Gasteiger partial charge in [-0.25, -0.2) is 23.2 Å². The van der Waals surface area contributed by atoms with Crippen molar-refractivity contribution in [2.75, 3.05) is 26.9 Å². The fourth-order valence-corrected chi connectivity index (χ4v) is 9.24. The Hall–Kier alpha value is -4.72. The van der Waals surface area contributed by atoms with Crippen molar-refractivity contribution in [2.45, 2.75) is 127 Å². The quantitative estimate of drug-likeness (QED) is 0.276. The number of amides is 4. The zero-order valence-corrected chi connectivity index (χ0v) is 36.2. The molecule has 16 nitrogen and oxygen atoms in total. The molecule has 2 aliphatic heterocycles. The number of nitrogens with one attached hydrogen (secondary N) is 3. The van der Waals surface area contributed by atoms with Gasteiger partial charge in [0.1, 0.15) is 35.1 Å². The molecule has 336 valence electrons. The Morgan fingerprint density at radius 2 is 1.80 bits per heavy atom. The van der Waals surface area contributed by atoms with E-state index in [-0.39, 0.29) is 43.0 Å². The molecule has 3 heterocycles. The fraction of sp³-hybridized carbons (Fsp3) is 0.659. The Balaban J connectivity index is 1.41. The first kappa shape index (κ1) is 45.8. The Kier molecular flexibility index (Phi) is 12.9. The molecular formula is C41H55F3N6O10S. The molecule has 1 aromatic carbocycles. The average Bonchev–Trinajstić information content (AvgIpc) is 4.04. The third kappa shape index (κ3) is 10.3. The van der Waals surface area contributed by atoms with Crippen molar-refractivity contribution >= 4 is 44.9 Å². The van der Waals surface area contributed by atoms with Crippen LogP contribution in [0.15, 0.2) is 30.4 Å². The SMILES string of the molecule is CCOc1ccc2nc(C(F)(F)F)c(O[C@@H]3C[C@H]4C(=O)N[C@@]5(C(=O)NS(=O)(=O)C6(C)CC6)C[C@@H]5/C=C\CC[C@H](C)C[C@@H](COC)[C@H](NC(=O)OC(C)(C)C)C(=O)N4C3)nc2c1. The van der Waals surface area contributed by atoms with Gasteiger partial charge in [0, 0.05) is 31.4 Å². The predicted molar refractivity (Wildman–Crippen MR) is 215 cm³/mol. The van der Waals surface area contributed by atoms with Crippen LogP contribution in [0.5, 0.6) is 11.6 Å². The first-order valence-corrected chi connectivity index (χ1v) is 22.0. The van der Waals surface area contributed by atoms with Crippen LogP contribution in [0.25, 0.3) is 11.0 Å². The number of carbonyl (C=O) groups excluding carboxylic acids is 4. The highest BCUT2D eigenvalue weighted by molar-refractivity contribution is 7.91. The Bertz CT molecular complexity index is 2160. The molecule has 2 aromatic rings. The van der Waals surface area contributed by atoms with E-state index >= 15 is 0 Å². The van der Waals surface area contributed by atoms with Gasteiger partial charge in [0.2, 0.25) is 33.4 Å². The lowest BCUT2D eigenvalue weighted by atomic mass is 9.87. The minimum Gasteiger partial charge on any atom is -0.494 e. The summed E-state index contributed by atoms with van der Waals surface area (Å²) < 4.78 is 93.7. The van der Waals surface area contributed by atoms with Gasteiger partial charge in [0.25, 0.3) is 5.91 Å². The number of alkyl halides is 3. The van der Waals surface area contributed by atoms with Crippen LogP contribution in [0.1, 0.15) is 92.2 Å². The monoisotopic (exact) mass is 880 g/mol. The molecule has 0 bridgehead atoms. The maximum Gasteiger partial charge on any atom is 0.438 e. The summed E-state index contributed by atoms with van der Waals surface area (Å²) in [7, 11) is -2.69. The lowest BCUT2D eigenvalue weighted by Gasteiger charge is -2.34. The smallest absolute Gasteiger partial charge is 0.438 e. The molecule has 2 aliphatic carbocycles. The summed E-state index contributed by atoms with van der Waals surface area (Å²) in [6.07, 6.45) is -1.71. The van der Waals surface area contributed by atoms with Crippen molar-refractivity contribution in [2.24, 2.45) is 17.8 Å². The van der Waals surface area contributed by atoms with Crippen LogP contribution in [0.4, 0.5) is 18.0 Å². The summed E-state index contributed by atoms with van der Waals surface area (Å²) >= 11 is 0. The summed E-state index contributed by atoms with van der Waals surface area (Å²) in [5, 5.41) is 5.43. The van der Waals surface area contributed by atoms with Crippen molar-refractivity contribution < 1.29 is 59.7 Å². The fourth-order valence-electron chi connectivity index (χ4n) is 7.92. The van der Waals surface area contributed by atoms with E-state index in [0.717, 1.165) is 4.90 Å². The summed E-state index contributed by atoms with van der Waals surface area (Å²) in [4.78, 5) is 66.0. The highest BCUT2D eigenvalue weighted by Gasteiger charge is 2.63. The summed E-state index contributed by atoms with van der Waals surface area (Å²) in [5.41, 5.74) is -4.16. The van der Waals surface area contributed by atoms with Gasteiger partial charge in [-0.15, -0.1) is 0 Å². The average molecular weight is 881 g/mol. The standard InChI is InChI=1S/C41H55F3N6O10S/c1-8-58-26-13-14-28-29(18-26)46-34(32(45-28)41(42,43)44)59-27-19-30-33(51)48-40(36(53)49-61(55,56)39(6)15-16-39)20-25(40)12-10-9-11-23(2)17-24(22-57-7)31(35(52)50(30)21-27)47-37(54)60-38(3,4)5/h10,12-14,18,23-25,27,30-31H,8-9,11,15-17,19-22H2,1-7H3,(H,47,54)(H,48,51)(H,49,53)/b12-10-/t23-,24-,25-,27+,30-,31-,40-/m0/s1. The number of sulfonamides is 1. The number of benzene rings is 1. The molecule has 1 saturated heterocycles. The van der Waals surface area contributed by atoms with Crippen LogP contribution < -0.4 is 24.8 Å². The predicted octanol–water partition coefficient (Wildman–Crippen LogP) is 4.80. The normalized spacial score (nSPS) is 28.6. The highest BCUT2D eigenvalue weighted by atomic mass is 32.2. The Morgan fingerprint density at radius 3 is 2.44 bits per heavy atom. The van der Waals surface area contributed by atoms with Gasteiger partial charge in [0.15, 0.2) is 0 Å². The lowest BCUT2D eigenvalue weighted by molar-refractivity contribution is -0.143. The molecular weight excluding hydrogens is 826 g/mol. The first-order valence-electron chi connectivity index (χ1n) is 20.5. The van der Waals surface area contributed by atoms with Gasteiger partial charge in [-0.1, -0.05) is 19.1 Å². The van der Waals surface area contributed by atoms with Crippen molar-refractivity contribution in [1.82, 2.24) is 30.2 Å². The zero-order valence-electron chi connectivity index (χ0n) is 35.4. The van der Waals surface area contributed by atoms with Crippen LogP contribution in [0, 0.1) is 17.8 Å². The number of alkyl carbamates (subject to hydrolysis) is 1. The number of methoxy groups -OCH3 is 1. The van der Waals surface area contributed by atoms with Gasteiger partial charge in [-0.2, -0.15) is 13.2 Å². The Morgan fingerprint density at radius 1 is 1.08 bits per heavy atom. The number of rotatable bonds is 10. The summed E-state index contributed by atoms with van der Waals surface area (Å²) in [6.45, 7) is 9.98. The van der Waals surface area contributed by atoms with E-state index in [9.17, 15) is 40.8 Å². The van der Waals surface area contributed by atoms with E-state index in [1.54, 1.807) is 33.8 Å². The number of ether oxygens (including phenoxy) is 4. The van der Waals surface area contributed by atoms with Crippen molar-refractivity contribution in [3.8, 4) is 11.6 Å². The molecule has 0 radical (unpaired) electrons. The van der Waals surface area contributed by atoms with E-state index in [0.29, 0.717) is 37.9 Å². The number of nitrogens with zero attached hydrogens (tertiary/aromatic N) is 3. The molecule has 3 N–H and O–H groups in total. The van der Waals surface area contributed by atoms with Crippen molar-refractivity contribution in [1.29, 1.82) is 0 Å². The van der Waals surface area contributed by atoms with Gasteiger partial charge in [-0.3, -0.25) is 19.1 Å². The minimum absolute atomic E-state index is 0.00111. The van der Waals surface area contributed by atoms with E-state index in [1.165, 1.54) is 32.2 Å². The highest BCUT2D eigenvalue weighted by Crippen LogP contribution is 2.48. The van der Waals surface area contributed by atoms with E-state index < -0.39 is 104 Å². The number of carbonyl (C=O) groups is 4. The van der Waals surface area contributed by atoms with E-state index in [2.05, 4.69) is 25.3 Å². The van der Waals surface area contributed by atoms with Gasteiger partial charge < -0.3 is 34.5 Å². The van der Waals surface area contributed by atoms with Gasteiger partial charge in [0.05, 0.1) is 35.5 Å². The number of aromatic nitrogens is 2. The first-order chi connectivity index (χ1) is 28.5. The number of fused-ring (bicyclic) bond motifs is 3. The summed E-state index contributed by atoms with van der Waals surface area (Å²) in [6, 6.07) is 1.37. The van der Waals surface area contributed by atoms with E-state index in [4.69, 9.17) is 18.9 Å². The topological polar surface area (TPSA) is 204 Å². The molecule has 61 heavy (non-hydrogen) atoms. The van der Waals surface area contributed by atoms with Crippen molar-refractivity contribution in [3.63, 3.8) is 0 Å². The third-order valence-corrected chi connectivity index (χ3v) is 13.8. The third-order valence-electron chi connectivity index (χ3n) is 11.6. The van der Waals surface area contributed by atoms with Crippen molar-refractivity contribution in [3.05, 3.63) is 36.0 Å². The minimum atomic E-state index is -5.02. The van der Waals surface area contributed by atoms with Gasteiger partial charge in [-0.05, 0) is 91.2 Å². The molecule has 3 fully saturated rings. The molecule has 0 spiro atoms. The molecule has 4 aliphatic rings. The number of allylic oxidation sites excluding steroid dienone is 1. The second-order valence-electron chi connectivity index (χ2n) is 17.8. The molecule has 1 aromatic heterocycles. The molecule has 20 heteroatoms. The molecule has 4 amide bonds. The number of halogens is 3. The molecule has 2 saturated carbocycles. The maximum absolute atomic E-state index is 15.0. The lowest BCUT2D eigenvalue weighted by Crippen LogP contribution is -2.60. The van der Waals surface area contributed by atoms with Crippen LogP contribution >= 0.6 is 0 Å². The second-order valence-corrected chi connectivity index (χ2v) is 20.0. The largest absolute Gasteiger partial charge is 0.494 e. The second kappa shape index (κ2) is 17.2. The maximum atomic E-state index is 15.0. The van der Waals surface area contributed by atoms with E-state index in [1.807, 2.05) is 13.0 Å². The zero-order chi connectivity index (χ0) is 44.7. The molecule has 6 rings (SSSR count).